The van der Waals surface area contributed by atoms with E-state index in [-0.39, 0.29) is 5.78 Å². The predicted octanol–water partition coefficient (Wildman–Crippen LogP) is 3.94. The lowest BCUT2D eigenvalue weighted by atomic mass is 10.1. The summed E-state index contributed by atoms with van der Waals surface area (Å²) < 4.78 is 6.77. The van der Waals surface area contributed by atoms with Gasteiger partial charge in [0.1, 0.15) is 5.75 Å². The fourth-order valence-electron chi connectivity index (χ4n) is 1.61. The maximum absolute atomic E-state index is 12.1. The van der Waals surface area contributed by atoms with E-state index in [0.29, 0.717) is 11.3 Å². The molecule has 0 aromatic heterocycles. The third-order valence-corrected chi connectivity index (χ3v) is 3.27. The molecule has 18 heavy (non-hydrogen) atoms. The monoisotopic (exact) mass is 352 g/mol. The number of benzene rings is 2. The summed E-state index contributed by atoms with van der Waals surface area (Å²) in [5.41, 5.74) is 0.676. The Bertz CT molecular complexity index is 520. The summed E-state index contributed by atoms with van der Waals surface area (Å²) in [4.78, 5) is 12.1. The molecule has 0 amide bonds. The third kappa shape index (κ3) is 3.32. The Hall–Kier alpha value is -1.36. The summed E-state index contributed by atoms with van der Waals surface area (Å²) in [6.07, 6.45) is -0.479. The van der Waals surface area contributed by atoms with Crippen molar-refractivity contribution in [2.75, 3.05) is 0 Å². The highest BCUT2D eigenvalue weighted by molar-refractivity contribution is 14.1. The van der Waals surface area contributed by atoms with Crippen LogP contribution < -0.4 is 4.74 Å². The average molecular weight is 352 g/mol. The molecule has 2 aromatic rings. The zero-order chi connectivity index (χ0) is 13.0. The lowest BCUT2D eigenvalue weighted by Gasteiger charge is -2.13. The summed E-state index contributed by atoms with van der Waals surface area (Å²) in [5.74, 6) is 0.710. The maximum Gasteiger partial charge on any atom is 0.202 e. The first-order valence-electron chi connectivity index (χ1n) is 5.68. The summed E-state index contributed by atoms with van der Waals surface area (Å²) in [6, 6.07) is 16.8. The van der Waals surface area contributed by atoms with Crippen molar-refractivity contribution in [3.8, 4) is 5.75 Å². The highest BCUT2D eigenvalue weighted by Crippen LogP contribution is 2.16. The molecule has 0 saturated heterocycles. The molecule has 0 saturated carbocycles. The molecule has 0 bridgehead atoms. The van der Waals surface area contributed by atoms with Crippen molar-refractivity contribution in [3.05, 3.63) is 63.7 Å². The number of carbonyl (C=O) groups is 1. The van der Waals surface area contributed by atoms with E-state index in [1.165, 1.54) is 0 Å². The maximum atomic E-state index is 12.1. The molecular weight excluding hydrogens is 339 g/mol. The number of carbonyl (C=O) groups excluding carboxylic acids is 1. The Kier molecular flexibility index (Phi) is 4.36. The first-order valence-corrected chi connectivity index (χ1v) is 6.76. The van der Waals surface area contributed by atoms with Crippen molar-refractivity contribution in [2.45, 2.75) is 13.0 Å². The van der Waals surface area contributed by atoms with Crippen LogP contribution in [-0.2, 0) is 0 Å². The van der Waals surface area contributed by atoms with Crippen molar-refractivity contribution < 1.29 is 9.53 Å². The number of rotatable bonds is 4. The fourth-order valence-corrected chi connectivity index (χ4v) is 1.97. The quantitative estimate of drug-likeness (QED) is 0.616. The van der Waals surface area contributed by atoms with E-state index in [1.54, 1.807) is 19.1 Å². The Morgan fingerprint density at radius 3 is 2.28 bits per heavy atom. The molecule has 0 spiro atoms. The second-order valence-electron chi connectivity index (χ2n) is 3.94. The van der Waals surface area contributed by atoms with E-state index in [4.69, 9.17) is 4.74 Å². The number of halogens is 1. The van der Waals surface area contributed by atoms with Crippen LogP contribution in [0.3, 0.4) is 0 Å². The molecule has 92 valence electrons. The molecule has 2 nitrogen and oxygen atoms in total. The molecule has 0 radical (unpaired) electrons. The van der Waals surface area contributed by atoms with Gasteiger partial charge in [-0.2, -0.15) is 0 Å². The van der Waals surface area contributed by atoms with Gasteiger partial charge in [0.2, 0.25) is 5.78 Å². The summed E-state index contributed by atoms with van der Waals surface area (Å²) >= 11 is 2.23. The summed E-state index contributed by atoms with van der Waals surface area (Å²) in [7, 11) is 0. The zero-order valence-electron chi connectivity index (χ0n) is 9.97. The van der Waals surface area contributed by atoms with Crippen molar-refractivity contribution in [3.63, 3.8) is 0 Å². The minimum absolute atomic E-state index is 0.00542. The van der Waals surface area contributed by atoms with E-state index in [0.717, 1.165) is 3.57 Å². The molecular formula is C15H13IO2. The largest absolute Gasteiger partial charge is 0.483 e. The number of ketones is 1. The Balaban J connectivity index is 2.06. The highest BCUT2D eigenvalue weighted by atomic mass is 127. The van der Waals surface area contributed by atoms with Crippen LogP contribution in [0.2, 0.25) is 0 Å². The van der Waals surface area contributed by atoms with Gasteiger partial charge in [-0.15, -0.1) is 0 Å². The Labute approximate surface area is 120 Å². The van der Waals surface area contributed by atoms with Gasteiger partial charge in [-0.05, 0) is 53.8 Å². The SMILES string of the molecule is C[C@@H](Oc1ccc(I)cc1)C(=O)c1ccccc1. The Morgan fingerprint density at radius 1 is 1.06 bits per heavy atom. The molecule has 3 heteroatoms. The minimum atomic E-state index is -0.479. The Morgan fingerprint density at radius 2 is 1.67 bits per heavy atom. The van der Waals surface area contributed by atoms with Crippen molar-refractivity contribution in [2.24, 2.45) is 0 Å². The number of ether oxygens (including phenoxy) is 1. The average Bonchev–Trinajstić information content (AvgIpc) is 2.41. The molecule has 0 aliphatic heterocycles. The lowest BCUT2D eigenvalue weighted by molar-refractivity contribution is 0.0818. The first-order chi connectivity index (χ1) is 8.66. The van der Waals surface area contributed by atoms with Gasteiger partial charge in [-0.1, -0.05) is 30.3 Å². The molecule has 1 atom stereocenters. The van der Waals surface area contributed by atoms with Gasteiger partial charge < -0.3 is 4.74 Å². The van der Waals surface area contributed by atoms with Crippen molar-refractivity contribution in [1.82, 2.24) is 0 Å². The van der Waals surface area contributed by atoms with Gasteiger partial charge in [-0.25, -0.2) is 0 Å². The number of hydrogen-bond donors (Lipinski definition) is 0. The molecule has 2 rings (SSSR count). The van der Waals surface area contributed by atoms with Crippen LogP contribution in [0.15, 0.2) is 54.6 Å². The van der Waals surface area contributed by atoms with Crippen LogP contribution >= 0.6 is 22.6 Å². The van der Waals surface area contributed by atoms with Crippen molar-refractivity contribution >= 4 is 28.4 Å². The second kappa shape index (κ2) is 6.00. The van der Waals surface area contributed by atoms with Crippen molar-refractivity contribution in [1.29, 1.82) is 0 Å². The molecule has 2 aromatic carbocycles. The molecule has 0 unspecified atom stereocenters. The lowest BCUT2D eigenvalue weighted by Crippen LogP contribution is -2.23. The van der Waals surface area contributed by atoms with Gasteiger partial charge in [-0.3, -0.25) is 4.79 Å². The fraction of sp³-hybridized carbons (Fsp3) is 0.133. The van der Waals surface area contributed by atoms with Gasteiger partial charge >= 0.3 is 0 Å². The van der Waals surface area contributed by atoms with Gasteiger partial charge in [0.15, 0.2) is 6.10 Å². The molecule has 0 aliphatic rings. The minimum Gasteiger partial charge on any atom is -0.483 e. The van der Waals surface area contributed by atoms with Crippen LogP contribution in [0, 0.1) is 3.57 Å². The zero-order valence-corrected chi connectivity index (χ0v) is 12.1. The molecule has 0 fully saturated rings. The molecule has 0 N–H and O–H groups in total. The third-order valence-electron chi connectivity index (χ3n) is 2.55. The van der Waals surface area contributed by atoms with Crippen LogP contribution in [0.25, 0.3) is 0 Å². The topological polar surface area (TPSA) is 26.3 Å². The number of hydrogen-bond acceptors (Lipinski definition) is 2. The highest BCUT2D eigenvalue weighted by Gasteiger charge is 2.16. The van der Waals surface area contributed by atoms with E-state index >= 15 is 0 Å². The smallest absolute Gasteiger partial charge is 0.202 e. The summed E-state index contributed by atoms with van der Waals surface area (Å²) in [6.45, 7) is 1.77. The van der Waals surface area contributed by atoms with E-state index in [9.17, 15) is 4.79 Å². The number of Topliss-reactive ketones (excluding diaryl/α,β-unsaturated/α-hetero) is 1. The molecule has 0 aliphatic carbocycles. The summed E-state index contributed by atoms with van der Waals surface area (Å²) in [5, 5.41) is 0. The van der Waals surface area contributed by atoms with Gasteiger partial charge in [0.25, 0.3) is 0 Å². The molecule has 0 heterocycles. The van der Waals surface area contributed by atoms with E-state index < -0.39 is 6.10 Å². The second-order valence-corrected chi connectivity index (χ2v) is 5.19. The van der Waals surface area contributed by atoms with Gasteiger partial charge in [0, 0.05) is 9.13 Å². The normalized spacial score (nSPS) is 11.9. The first kappa shape index (κ1) is 13.1. The van der Waals surface area contributed by atoms with Crippen LogP contribution in [-0.4, -0.2) is 11.9 Å². The van der Waals surface area contributed by atoms with E-state index in [2.05, 4.69) is 22.6 Å². The standard InChI is InChI=1S/C15H13IO2/c1-11(15(17)12-5-3-2-4-6-12)18-14-9-7-13(16)8-10-14/h2-11H,1H3/t11-/m1/s1. The van der Waals surface area contributed by atoms with E-state index in [1.807, 2.05) is 42.5 Å². The predicted molar refractivity (Wildman–Crippen MR) is 80.0 cm³/mol. The van der Waals surface area contributed by atoms with Gasteiger partial charge in [0.05, 0.1) is 0 Å². The van der Waals surface area contributed by atoms with Crippen LogP contribution in [0.1, 0.15) is 17.3 Å². The van der Waals surface area contributed by atoms with Crippen LogP contribution in [0.4, 0.5) is 0 Å². The van der Waals surface area contributed by atoms with Crippen LogP contribution in [0.5, 0.6) is 5.75 Å².